The summed E-state index contributed by atoms with van der Waals surface area (Å²) in [6.07, 6.45) is 2.76. The summed E-state index contributed by atoms with van der Waals surface area (Å²) in [5.41, 5.74) is 0.181. The van der Waals surface area contributed by atoms with E-state index in [1.165, 1.54) is 6.20 Å². The van der Waals surface area contributed by atoms with E-state index in [1.807, 2.05) is 30.3 Å². The highest BCUT2D eigenvalue weighted by Crippen LogP contribution is 2.33. The maximum absolute atomic E-state index is 12.6. The van der Waals surface area contributed by atoms with Crippen LogP contribution in [0.4, 0.5) is 5.69 Å². The molecule has 1 spiro atoms. The quantitative estimate of drug-likeness (QED) is 0.870. The first-order valence-corrected chi connectivity index (χ1v) is 9.04. The van der Waals surface area contributed by atoms with Gasteiger partial charge in [-0.1, -0.05) is 18.2 Å². The Kier molecular flexibility index (Phi) is 4.53. The number of ether oxygens (including phenoxy) is 1. The fourth-order valence-corrected chi connectivity index (χ4v) is 3.74. The van der Waals surface area contributed by atoms with E-state index in [2.05, 4.69) is 4.98 Å². The van der Waals surface area contributed by atoms with Crippen LogP contribution in [0, 0.1) is 0 Å². The van der Waals surface area contributed by atoms with Crippen LogP contribution in [0.15, 0.2) is 53.5 Å². The van der Waals surface area contributed by atoms with Crippen LogP contribution in [-0.2, 0) is 9.53 Å². The van der Waals surface area contributed by atoms with E-state index in [4.69, 9.17) is 4.74 Å². The van der Waals surface area contributed by atoms with Gasteiger partial charge in [0.1, 0.15) is 12.2 Å². The maximum atomic E-state index is 12.6. The molecule has 1 aromatic heterocycles. The molecule has 2 saturated heterocycles. The summed E-state index contributed by atoms with van der Waals surface area (Å²) >= 11 is 0. The first-order chi connectivity index (χ1) is 13.1. The molecule has 0 aliphatic carbocycles. The van der Waals surface area contributed by atoms with E-state index < -0.39 is 5.60 Å². The lowest BCUT2D eigenvalue weighted by Crippen LogP contribution is -2.59. The number of nitrogens with one attached hydrogen (secondary N) is 1. The second-order valence-corrected chi connectivity index (χ2v) is 6.99. The molecule has 0 saturated carbocycles. The van der Waals surface area contributed by atoms with Gasteiger partial charge in [-0.3, -0.25) is 14.4 Å². The Balaban J connectivity index is 1.46. The molecule has 2 amide bonds. The SMILES string of the molecule is O=C(c1ccc[nH]c1=O)N1CCC2(CC1)CN(c1ccccc1)C(=O)CO2. The molecule has 0 unspecified atom stereocenters. The maximum Gasteiger partial charge on any atom is 0.260 e. The van der Waals surface area contributed by atoms with E-state index in [0.29, 0.717) is 32.5 Å². The number of aromatic nitrogens is 1. The number of aromatic amines is 1. The highest BCUT2D eigenvalue weighted by molar-refractivity contribution is 5.95. The molecular weight excluding hydrogens is 346 g/mol. The van der Waals surface area contributed by atoms with Crippen LogP contribution < -0.4 is 10.5 Å². The molecule has 7 nitrogen and oxygen atoms in total. The Hall–Kier alpha value is -2.93. The van der Waals surface area contributed by atoms with Gasteiger partial charge in [0, 0.05) is 25.0 Å². The minimum Gasteiger partial charge on any atom is -0.363 e. The van der Waals surface area contributed by atoms with Gasteiger partial charge in [-0.15, -0.1) is 0 Å². The third-order valence-corrected chi connectivity index (χ3v) is 5.33. The third kappa shape index (κ3) is 3.38. The summed E-state index contributed by atoms with van der Waals surface area (Å²) in [4.78, 5) is 42.8. The number of pyridine rings is 1. The Labute approximate surface area is 156 Å². The summed E-state index contributed by atoms with van der Waals surface area (Å²) < 4.78 is 5.93. The molecule has 140 valence electrons. The molecule has 1 N–H and O–H groups in total. The monoisotopic (exact) mass is 367 g/mol. The molecule has 2 aliphatic rings. The van der Waals surface area contributed by atoms with Crippen molar-refractivity contribution in [3.63, 3.8) is 0 Å². The van der Waals surface area contributed by atoms with Crippen molar-refractivity contribution in [1.82, 2.24) is 9.88 Å². The molecule has 1 aromatic carbocycles. The van der Waals surface area contributed by atoms with Crippen LogP contribution in [0.3, 0.4) is 0 Å². The number of H-pyrrole nitrogens is 1. The standard InChI is InChI=1S/C20H21N3O4/c24-17-13-27-20(14-23(17)15-5-2-1-3-6-15)8-11-22(12-9-20)19(26)16-7-4-10-21-18(16)25/h1-7,10H,8-9,11-14H2,(H,21,25). The summed E-state index contributed by atoms with van der Waals surface area (Å²) in [7, 11) is 0. The van der Waals surface area contributed by atoms with E-state index in [-0.39, 0.29) is 29.5 Å². The highest BCUT2D eigenvalue weighted by atomic mass is 16.5. The zero-order valence-electron chi connectivity index (χ0n) is 14.9. The van der Waals surface area contributed by atoms with Gasteiger partial charge in [0.15, 0.2) is 0 Å². The van der Waals surface area contributed by atoms with Crippen LogP contribution >= 0.6 is 0 Å². The van der Waals surface area contributed by atoms with Gasteiger partial charge in [-0.25, -0.2) is 0 Å². The Morgan fingerprint density at radius 3 is 2.48 bits per heavy atom. The normalized spacial score (nSPS) is 19.3. The summed E-state index contributed by atoms with van der Waals surface area (Å²) in [6, 6.07) is 12.7. The number of benzene rings is 1. The van der Waals surface area contributed by atoms with Crippen molar-refractivity contribution in [2.75, 3.05) is 31.1 Å². The average molecular weight is 367 g/mol. The van der Waals surface area contributed by atoms with Gasteiger partial charge < -0.3 is 19.5 Å². The second-order valence-electron chi connectivity index (χ2n) is 6.99. The predicted octanol–water partition coefficient (Wildman–Crippen LogP) is 1.41. The molecular formula is C20H21N3O4. The smallest absolute Gasteiger partial charge is 0.260 e. The minimum atomic E-state index is -0.455. The van der Waals surface area contributed by atoms with Gasteiger partial charge in [0.25, 0.3) is 17.4 Å². The number of piperidine rings is 1. The number of para-hydroxylation sites is 1. The topological polar surface area (TPSA) is 82.7 Å². The first-order valence-electron chi connectivity index (χ1n) is 9.04. The zero-order chi connectivity index (χ0) is 18.9. The van der Waals surface area contributed by atoms with Gasteiger partial charge in [0.05, 0.1) is 12.1 Å². The number of nitrogens with zero attached hydrogens (tertiary/aromatic N) is 2. The number of morpholine rings is 1. The van der Waals surface area contributed by atoms with Gasteiger partial charge in [-0.2, -0.15) is 0 Å². The number of hydrogen-bond donors (Lipinski definition) is 1. The first kappa shape index (κ1) is 17.5. The van der Waals surface area contributed by atoms with Crippen molar-refractivity contribution in [3.8, 4) is 0 Å². The molecule has 4 rings (SSSR count). The fourth-order valence-electron chi connectivity index (χ4n) is 3.74. The fraction of sp³-hybridized carbons (Fsp3) is 0.350. The Morgan fingerprint density at radius 1 is 1.04 bits per heavy atom. The van der Waals surface area contributed by atoms with Crippen molar-refractivity contribution in [2.45, 2.75) is 18.4 Å². The van der Waals surface area contributed by atoms with Crippen molar-refractivity contribution in [3.05, 3.63) is 64.6 Å². The lowest BCUT2D eigenvalue weighted by Gasteiger charge is -2.46. The number of carbonyl (C=O) groups excluding carboxylic acids is 2. The van der Waals surface area contributed by atoms with Gasteiger partial charge >= 0.3 is 0 Å². The van der Waals surface area contributed by atoms with Crippen LogP contribution in [-0.4, -0.2) is 53.5 Å². The molecule has 2 fully saturated rings. The molecule has 0 bridgehead atoms. The van der Waals surface area contributed by atoms with Crippen LogP contribution in [0.1, 0.15) is 23.2 Å². The molecule has 27 heavy (non-hydrogen) atoms. The van der Waals surface area contributed by atoms with Gasteiger partial charge in [0.2, 0.25) is 0 Å². The number of likely N-dealkylation sites (tertiary alicyclic amines) is 1. The minimum absolute atomic E-state index is 0.0429. The summed E-state index contributed by atoms with van der Waals surface area (Å²) in [5, 5.41) is 0. The van der Waals surface area contributed by atoms with E-state index in [9.17, 15) is 14.4 Å². The van der Waals surface area contributed by atoms with E-state index in [1.54, 1.807) is 21.9 Å². The Morgan fingerprint density at radius 2 is 1.78 bits per heavy atom. The number of rotatable bonds is 2. The number of amides is 2. The van der Waals surface area contributed by atoms with Crippen LogP contribution in [0.2, 0.25) is 0 Å². The average Bonchev–Trinajstić information content (AvgIpc) is 2.71. The summed E-state index contributed by atoms with van der Waals surface area (Å²) in [5.74, 6) is -0.320. The number of carbonyl (C=O) groups is 2. The largest absolute Gasteiger partial charge is 0.363 e. The molecule has 7 heteroatoms. The van der Waals surface area contributed by atoms with Crippen LogP contribution in [0.5, 0.6) is 0 Å². The van der Waals surface area contributed by atoms with Crippen molar-refractivity contribution in [1.29, 1.82) is 0 Å². The molecule has 0 atom stereocenters. The van der Waals surface area contributed by atoms with Crippen molar-refractivity contribution in [2.24, 2.45) is 0 Å². The molecule has 2 aromatic rings. The molecule has 0 radical (unpaired) electrons. The molecule has 2 aliphatic heterocycles. The lowest BCUT2D eigenvalue weighted by molar-refractivity contribution is -0.143. The van der Waals surface area contributed by atoms with Gasteiger partial charge in [-0.05, 0) is 37.1 Å². The second kappa shape index (κ2) is 7.00. The highest BCUT2D eigenvalue weighted by Gasteiger charge is 2.43. The zero-order valence-corrected chi connectivity index (χ0v) is 14.9. The summed E-state index contributed by atoms with van der Waals surface area (Å²) in [6.45, 7) is 1.50. The molecule has 3 heterocycles. The number of anilines is 1. The Bertz CT molecular complexity index is 901. The predicted molar refractivity (Wildman–Crippen MR) is 99.7 cm³/mol. The third-order valence-electron chi connectivity index (χ3n) is 5.33. The van der Waals surface area contributed by atoms with Crippen LogP contribution in [0.25, 0.3) is 0 Å². The lowest BCUT2D eigenvalue weighted by atomic mass is 9.88. The van der Waals surface area contributed by atoms with Crippen molar-refractivity contribution < 1.29 is 14.3 Å². The van der Waals surface area contributed by atoms with Crippen molar-refractivity contribution >= 4 is 17.5 Å². The van der Waals surface area contributed by atoms with E-state index >= 15 is 0 Å². The van der Waals surface area contributed by atoms with E-state index in [0.717, 1.165) is 5.69 Å². The number of hydrogen-bond acceptors (Lipinski definition) is 4.